The van der Waals surface area contributed by atoms with Crippen LogP contribution in [0.1, 0.15) is 62.5 Å². The Morgan fingerprint density at radius 3 is 2.30 bits per heavy atom. The summed E-state index contributed by atoms with van der Waals surface area (Å²) in [6, 6.07) is 6.50. The lowest BCUT2D eigenvalue weighted by atomic mass is 9.49. The van der Waals surface area contributed by atoms with Crippen molar-refractivity contribution in [3.8, 4) is 0 Å². The number of carbonyl (C=O) groups excluding carboxylic acids is 1. The average Bonchev–Trinajstić information content (AvgIpc) is 2.54. The van der Waals surface area contributed by atoms with Crippen LogP contribution in [0.15, 0.2) is 18.2 Å². The van der Waals surface area contributed by atoms with E-state index in [0.29, 0.717) is 5.91 Å². The van der Waals surface area contributed by atoms with Crippen LogP contribution in [0.2, 0.25) is 0 Å². The Hall–Kier alpha value is -1.31. The number of nitrogens with one attached hydrogen (secondary N) is 1. The van der Waals surface area contributed by atoms with Gasteiger partial charge in [-0.25, -0.2) is 0 Å². The first-order valence-electron chi connectivity index (χ1n) is 9.64. The van der Waals surface area contributed by atoms with Gasteiger partial charge in [0.25, 0.3) is 0 Å². The number of fused-ring (bicyclic) bond motifs is 1. The number of aryl methyl sites for hydroxylation is 1. The molecule has 122 valence electrons. The molecule has 0 radical (unpaired) electrons. The first-order valence-corrected chi connectivity index (χ1v) is 9.64. The van der Waals surface area contributed by atoms with Crippen LogP contribution in [0, 0.1) is 23.2 Å². The Labute approximate surface area is 139 Å². The zero-order valence-electron chi connectivity index (χ0n) is 13.9. The number of anilines is 1. The van der Waals surface area contributed by atoms with E-state index in [0.717, 1.165) is 49.1 Å². The van der Waals surface area contributed by atoms with Gasteiger partial charge in [0, 0.05) is 5.69 Å². The van der Waals surface area contributed by atoms with Gasteiger partial charge < -0.3 is 5.32 Å². The molecule has 6 rings (SSSR count). The van der Waals surface area contributed by atoms with Crippen LogP contribution in [-0.2, 0) is 17.6 Å². The number of hydrogen-bond donors (Lipinski definition) is 1. The molecule has 23 heavy (non-hydrogen) atoms. The van der Waals surface area contributed by atoms with E-state index in [1.165, 1.54) is 49.7 Å². The van der Waals surface area contributed by atoms with Gasteiger partial charge in [-0.15, -0.1) is 0 Å². The van der Waals surface area contributed by atoms with Crippen LogP contribution in [0.4, 0.5) is 5.69 Å². The molecule has 2 nitrogen and oxygen atoms in total. The third kappa shape index (κ3) is 2.25. The first-order chi connectivity index (χ1) is 11.2. The number of rotatable bonds is 2. The van der Waals surface area contributed by atoms with Crippen molar-refractivity contribution in [3.05, 3.63) is 29.3 Å². The van der Waals surface area contributed by atoms with Crippen LogP contribution in [0.5, 0.6) is 0 Å². The van der Waals surface area contributed by atoms with E-state index in [-0.39, 0.29) is 5.41 Å². The monoisotopic (exact) mass is 309 g/mol. The van der Waals surface area contributed by atoms with E-state index in [2.05, 4.69) is 23.5 Å². The van der Waals surface area contributed by atoms with Crippen molar-refractivity contribution in [1.29, 1.82) is 0 Å². The van der Waals surface area contributed by atoms with Crippen LogP contribution >= 0.6 is 0 Å². The summed E-state index contributed by atoms with van der Waals surface area (Å²) in [5.41, 5.74) is 3.95. The second-order valence-corrected chi connectivity index (χ2v) is 8.80. The molecule has 2 heteroatoms. The summed E-state index contributed by atoms with van der Waals surface area (Å²) < 4.78 is 0. The fourth-order valence-corrected chi connectivity index (χ4v) is 6.54. The summed E-state index contributed by atoms with van der Waals surface area (Å²) in [5, 5.41) is 3.39. The molecule has 4 bridgehead atoms. The molecule has 0 saturated heterocycles. The van der Waals surface area contributed by atoms with Gasteiger partial charge in [0.1, 0.15) is 0 Å². The molecule has 0 unspecified atom stereocenters. The molecule has 1 amide bonds. The molecular weight excluding hydrogens is 282 g/mol. The van der Waals surface area contributed by atoms with Gasteiger partial charge in [0.2, 0.25) is 5.91 Å². The Balaban J connectivity index is 1.42. The van der Waals surface area contributed by atoms with E-state index in [9.17, 15) is 4.79 Å². The van der Waals surface area contributed by atoms with Gasteiger partial charge in [-0.1, -0.05) is 12.1 Å². The summed E-state index contributed by atoms with van der Waals surface area (Å²) in [6.45, 7) is 0. The highest BCUT2D eigenvalue weighted by molar-refractivity contribution is 5.96. The topological polar surface area (TPSA) is 29.1 Å². The van der Waals surface area contributed by atoms with Gasteiger partial charge in [-0.2, -0.15) is 0 Å². The maximum absolute atomic E-state index is 13.2. The highest BCUT2D eigenvalue weighted by Gasteiger charge is 2.54. The lowest BCUT2D eigenvalue weighted by Crippen LogP contribution is -2.51. The second-order valence-electron chi connectivity index (χ2n) is 8.80. The Morgan fingerprint density at radius 2 is 1.61 bits per heavy atom. The van der Waals surface area contributed by atoms with Crippen LogP contribution in [-0.4, -0.2) is 5.91 Å². The maximum Gasteiger partial charge on any atom is 0.230 e. The second kappa shape index (κ2) is 5.09. The van der Waals surface area contributed by atoms with E-state index < -0.39 is 0 Å². The molecule has 1 aromatic carbocycles. The fourth-order valence-electron chi connectivity index (χ4n) is 6.54. The normalized spacial score (nSPS) is 37.5. The number of hydrogen-bond acceptors (Lipinski definition) is 1. The van der Waals surface area contributed by atoms with Crippen molar-refractivity contribution in [2.75, 3.05) is 5.32 Å². The summed E-state index contributed by atoms with van der Waals surface area (Å²) in [5.74, 6) is 2.83. The molecule has 0 spiro atoms. The van der Waals surface area contributed by atoms with E-state index >= 15 is 0 Å². The SMILES string of the molecule is O=C(Nc1cccc2c1CCCC2)C12CC3CC(CC(C3)C1)C2. The minimum atomic E-state index is -0.0356. The average molecular weight is 309 g/mol. The van der Waals surface area contributed by atoms with Gasteiger partial charge >= 0.3 is 0 Å². The van der Waals surface area contributed by atoms with Crippen molar-refractivity contribution in [1.82, 2.24) is 0 Å². The maximum atomic E-state index is 13.2. The lowest BCUT2D eigenvalue weighted by Gasteiger charge is -2.55. The van der Waals surface area contributed by atoms with Gasteiger partial charge in [-0.05, 0) is 99.2 Å². The van der Waals surface area contributed by atoms with Gasteiger partial charge in [0.05, 0.1) is 5.41 Å². The zero-order valence-corrected chi connectivity index (χ0v) is 13.9. The quantitative estimate of drug-likeness (QED) is 0.841. The smallest absolute Gasteiger partial charge is 0.230 e. The molecule has 1 N–H and O–H groups in total. The number of carbonyl (C=O) groups is 1. The summed E-state index contributed by atoms with van der Waals surface area (Å²) >= 11 is 0. The third-order valence-corrected chi connectivity index (χ3v) is 7.16. The van der Waals surface area contributed by atoms with Gasteiger partial charge in [0.15, 0.2) is 0 Å². The molecule has 4 saturated carbocycles. The third-order valence-electron chi connectivity index (χ3n) is 7.16. The minimum absolute atomic E-state index is 0.0356. The summed E-state index contributed by atoms with van der Waals surface area (Å²) in [4.78, 5) is 13.2. The molecular formula is C21H27NO. The highest BCUT2D eigenvalue weighted by Crippen LogP contribution is 2.60. The predicted molar refractivity (Wildman–Crippen MR) is 92.3 cm³/mol. The van der Waals surface area contributed by atoms with Crippen molar-refractivity contribution in [2.45, 2.75) is 64.2 Å². The molecule has 5 aliphatic carbocycles. The fraction of sp³-hybridized carbons (Fsp3) is 0.667. The lowest BCUT2D eigenvalue weighted by molar-refractivity contribution is -0.140. The summed E-state index contributed by atoms with van der Waals surface area (Å²) in [7, 11) is 0. The standard InChI is InChI=1S/C21H27NO/c23-20(21-11-14-8-15(12-21)10-16(9-14)13-21)22-19-7-3-5-17-4-1-2-6-18(17)19/h3,5,7,14-16H,1-2,4,6,8-13H2,(H,22,23). The Bertz CT molecular complexity index is 612. The molecule has 0 heterocycles. The zero-order chi connectivity index (χ0) is 15.4. The van der Waals surface area contributed by atoms with Crippen molar-refractivity contribution in [2.24, 2.45) is 23.2 Å². The molecule has 0 atom stereocenters. The van der Waals surface area contributed by atoms with Crippen LogP contribution in [0.3, 0.4) is 0 Å². The van der Waals surface area contributed by atoms with Crippen molar-refractivity contribution >= 4 is 11.6 Å². The van der Waals surface area contributed by atoms with Crippen LogP contribution < -0.4 is 5.32 Å². The largest absolute Gasteiger partial charge is 0.325 e. The molecule has 0 aliphatic heterocycles. The minimum Gasteiger partial charge on any atom is -0.325 e. The number of benzene rings is 1. The van der Waals surface area contributed by atoms with E-state index in [1.54, 1.807) is 0 Å². The molecule has 1 aromatic rings. The first kappa shape index (κ1) is 14.1. The highest BCUT2D eigenvalue weighted by atomic mass is 16.2. The van der Waals surface area contributed by atoms with E-state index in [1.807, 2.05) is 0 Å². The number of amides is 1. The molecule has 4 fully saturated rings. The van der Waals surface area contributed by atoms with Crippen molar-refractivity contribution in [3.63, 3.8) is 0 Å². The Morgan fingerprint density at radius 1 is 0.957 bits per heavy atom. The molecule has 5 aliphatic rings. The van der Waals surface area contributed by atoms with Crippen molar-refractivity contribution < 1.29 is 4.79 Å². The molecule has 0 aromatic heterocycles. The van der Waals surface area contributed by atoms with Crippen LogP contribution in [0.25, 0.3) is 0 Å². The summed E-state index contributed by atoms with van der Waals surface area (Å²) in [6.07, 6.45) is 12.5. The van der Waals surface area contributed by atoms with Gasteiger partial charge in [-0.3, -0.25) is 4.79 Å². The van der Waals surface area contributed by atoms with E-state index in [4.69, 9.17) is 0 Å². The Kier molecular flexibility index (Phi) is 3.11. The predicted octanol–water partition coefficient (Wildman–Crippen LogP) is 4.72.